The number of carboxylic acids is 2. The molecular formula is C30H50O7. The van der Waals surface area contributed by atoms with Gasteiger partial charge in [-0.3, -0.25) is 9.59 Å². The van der Waals surface area contributed by atoms with Gasteiger partial charge in [0.15, 0.2) is 0 Å². The second-order valence-corrected chi connectivity index (χ2v) is 14.4. The standard InChI is InChI=1S/C30H50O7/c1-17(15-21(31)24(34)27(4,5)37)18-11-13-30(8)20-9-10-22(26(2,3)25(35)36)28(6,16-23(32)33)19(20)12-14-29(18,30)7/h9,17-19,21-22,24,31,34,37H,10-16H2,1-8H3,(H,32,33)(H,35,36)/t17?,18-,19?,21+,22?,24-,28+,29-,30+/m0/s1. The largest absolute Gasteiger partial charge is 0.481 e. The van der Waals surface area contributed by atoms with Crippen molar-refractivity contribution in [3.05, 3.63) is 11.6 Å². The summed E-state index contributed by atoms with van der Waals surface area (Å²) in [4.78, 5) is 24.3. The number of hydrogen-bond donors (Lipinski definition) is 5. The van der Waals surface area contributed by atoms with Crippen LogP contribution in [0.3, 0.4) is 0 Å². The van der Waals surface area contributed by atoms with Crippen LogP contribution in [0.25, 0.3) is 0 Å². The summed E-state index contributed by atoms with van der Waals surface area (Å²) in [5.41, 5.74) is -2.00. The number of fused-ring (bicyclic) bond motifs is 3. The molecule has 0 spiro atoms. The Morgan fingerprint density at radius 1 is 1.05 bits per heavy atom. The summed E-state index contributed by atoms with van der Waals surface area (Å²) in [6.07, 6.45) is 4.56. The van der Waals surface area contributed by atoms with Crippen molar-refractivity contribution in [2.75, 3.05) is 0 Å². The Morgan fingerprint density at radius 3 is 2.16 bits per heavy atom. The molecule has 0 aromatic carbocycles. The van der Waals surface area contributed by atoms with Gasteiger partial charge in [-0.15, -0.1) is 0 Å². The molecule has 3 aliphatic carbocycles. The normalized spacial score (nSPS) is 38.7. The van der Waals surface area contributed by atoms with E-state index < -0.39 is 40.6 Å². The molecule has 2 fully saturated rings. The van der Waals surface area contributed by atoms with Gasteiger partial charge in [0, 0.05) is 0 Å². The zero-order chi connectivity index (χ0) is 28.4. The fourth-order valence-electron chi connectivity index (χ4n) is 9.08. The Morgan fingerprint density at radius 2 is 1.65 bits per heavy atom. The number of carboxylic acid groups (broad SMARTS) is 2. The van der Waals surface area contributed by atoms with E-state index in [0.717, 1.165) is 25.7 Å². The molecule has 0 heterocycles. The minimum Gasteiger partial charge on any atom is -0.481 e. The van der Waals surface area contributed by atoms with E-state index in [2.05, 4.69) is 26.8 Å². The highest BCUT2D eigenvalue weighted by Gasteiger charge is 2.65. The third-order valence-electron chi connectivity index (χ3n) is 11.5. The quantitative estimate of drug-likeness (QED) is 0.272. The van der Waals surface area contributed by atoms with Gasteiger partial charge in [-0.05, 0) is 106 Å². The van der Waals surface area contributed by atoms with Gasteiger partial charge in [0.05, 0.1) is 23.5 Å². The second kappa shape index (κ2) is 9.63. The highest BCUT2D eigenvalue weighted by Crippen LogP contribution is 2.72. The van der Waals surface area contributed by atoms with E-state index in [0.29, 0.717) is 18.8 Å². The molecular weight excluding hydrogens is 472 g/mol. The van der Waals surface area contributed by atoms with Crippen molar-refractivity contribution in [3.63, 3.8) is 0 Å². The van der Waals surface area contributed by atoms with Crippen LogP contribution in [0.1, 0.15) is 100 Å². The molecule has 0 amide bonds. The van der Waals surface area contributed by atoms with Gasteiger partial charge in [0.25, 0.3) is 0 Å². The first-order chi connectivity index (χ1) is 16.7. The predicted molar refractivity (Wildman–Crippen MR) is 142 cm³/mol. The molecule has 212 valence electrons. The van der Waals surface area contributed by atoms with E-state index in [-0.39, 0.29) is 35.0 Å². The van der Waals surface area contributed by atoms with Gasteiger partial charge >= 0.3 is 11.9 Å². The SMILES string of the molecule is CC(C[C@@H](O)[C@H](O)C(C)(C)O)[C@@H]1CC[C@]2(C)C3=CCC(C(C)(C)C(=O)O)[C@](C)(CC(=O)O)C3CC[C@@]12C. The lowest BCUT2D eigenvalue weighted by Crippen LogP contribution is -2.55. The van der Waals surface area contributed by atoms with Gasteiger partial charge in [-0.1, -0.05) is 39.3 Å². The maximum Gasteiger partial charge on any atom is 0.309 e. The fourth-order valence-corrected chi connectivity index (χ4v) is 9.08. The molecule has 7 nitrogen and oxygen atoms in total. The number of carbonyl (C=O) groups is 2. The van der Waals surface area contributed by atoms with Crippen molar-refractivity contribution in [1.82, 2.24) is 0 Å². The summed E-state index contributed by atoms with van der Waals surface area (Å²) in [6, 6.07) is 0. The number of rotatable bonds is 9. The second-order valence-electron chi connectivity index (χ2n) is 14.4. The minimum atomic E-state index is -1.38. The van der Waals surface area contributed by atoms with Crippen LogP contribution in [0.4, 0.5) is 0 Å². The molecule has 5 N–H and O–H groups in total. The topological polar surface area (TPSA) is 135 Å². The maximum atomic E-state index is 12.2. The van der Waals surface area contributed by atoms with Crippen molar-refractivity contribution >= 4 is 11.9 Å². The average Bonchev–Trinajstić information content (AvgIpc) is 3.03. The van der Waals surface area contributed by atoms with Crippen molar-refractivity contribution in [3.8, 4) is 0 Å². The third-order valence-corrected chi connectivity index (χ3v) is 11.5. The smallest absolute Gasteiger partial charge is 0.309 e. The Kier molecular flexibility index (Phi) is 7.84. The molecule has 0 aliphatic heterocycles. The van der Waals surface area contributed by atoms with E-state index in [1.165, 1.54) is 19.4 Å². The molecule has 0 radical (unpaired) electrons. The molecule has 3 unspecified atom stereocenters. The van der Waals surface area contributed by atoms with Crippen LogP contribution in [0, 0.1) is 45.3 Å². The maximum absolute atomic E-state index is 12.2. The summed E-state index contributed by atoms with van der Waals surface area (Å²) in [5, 5.41) is 51.2. The summed E-state index contributed by atoms with van der Waals surface area (Å²) in [7, 11) is 0. The van der Waals surface area contributed by atoms with Crippen molar-refractivity contribution in [2.24, 2.45) is 45.3 Å². The van der Waals surface area contributed by atoms with E-state index in [1.807, 2.05) is 6.92 Å². The molecule has 37 heavy (non-hydrogen) atoms. The Bertz CT molecular complexity index is 933. The molecule has 0 aromatic heterocycles. The lowest BCUT2D eigenvalue weighted by atomic mass is 9.43. The predicted octanol–water partition coefficient (Wildman–Crippen LogP) is 4.88. The Hall–Kier alpha value is -1.44. The van der Waals surface area contributed by atoms with Crippen LogP contribution in [-0.4, -0.2) is 55.3 Å². The first-order valence-corrected chi connectivity index (χ1v) is 14.0. The summed E-state index contributed by atoms with van der Waals surface area (Å²) >= 11 is 0. The zero-order valence-electron chi connectivity index (χ0n) is 24.0. The number of allylic oxidation sites excluding steroid dienone is 2. The highest BCUT2D eigenvalue weighted by molar-refractivity contribution is 5.75. The molecule has 9 atom stereocenters. The lowest BCUT2D eigenvalue weighted by molar-refractivity contribution is -0.161. The summed E-state index contributed by atoms with van der Waals surface area (Å²) in [5.74, 6) is -1.61. The van der Waals surface area contributed by atoms with E-state index >= 15 is 0 Å². The lowest BCUT2D eigenvalue weighted by Gasteiger charge is -2.61. The van der Waals surface area contributed by atoms with Crippen LogP contribution in [0.5, 0.6) is 0 Å². The third kappa shape index (κ3) is 4.78. The van der Waals surface area contributed by atoms with Gasteiger partial charge in [-0.2, -0.15) is 0 Å². The first kappa shape index (κ1) is 30.1. The monoisotopic (exact) mass is 522 g/mol. The summed E-state index contributed by atoms with van der Waals surface area (Å²) in [6.45, 7) is 15.2. The Labute approximate surface area is 222 Å². The van der Waals surface area contributed by atoms with E-state index in [4.69, 9.17) is 0 Å². The van der Waals surface area contributed by atoms with Gasteiger partial charge in [0.1, 0.15) is 6.10 Å². The minimum absolute atomic E-state index is 0.00991. The molecule has 7 heteroatoms. The number of hydrogen-bond acceptors (Lipinski definition) is 5. The molecule has 3 aliphatic rings. The van der Waals surface area contributed by atoms with E-state index in [9.17, 15) is 35.1 Å². The molecule has 3 rings (SSSR count). The first-order valence-electron chi connectivity index (χ1n) is 14.0. The van der Waals surface area contributed by atoms with Crippen LogP contribution < -0.4 is 0 Å². The van der Waals surface area contributed by atoms with Gasteiger partial charge in [-0.25, -0.2) is 0 Å². The summed E-state index contributed by atoms with van der Waals surface area (Å²) < 4.78 is 0. The van der Waals surface area contributed by atoms with Crippen LogP contribution in [0.2, 0.25) is 0 Å². The Balaban J connectivity index is 1.96. The number of aliphatic carboxylic acids is 2. The highest BCUT2D eigenvalue weighted by atomic mass is 16.4. The van der Waals surface area contributed by atoms with Crippen molar-refractivity contribution in [2.45, 2.75) is 118 Å². The van der Waals surface area contributed by atoms with Gasteiger partial charge in [0.2, 0.25) is 0 Å². The molecule has 2 saturated carbocycles. The molecule has 0 bridgehead atoms. The zero-order valence-corrected chi connectivity index (χ0v) is 24.0. The van der Waals surface area contributed by atoms with Crippen LogP contribution in [-0.2, 0) is 9.59 Å². The van der Waals surface area contributed by atoms with Gasteiger partial charge < -0.3 is 25.5 Å². The molecule has 0 saturated heterocycles. The molecule has 0 aromatic rings. The van der Waals surface area contributed by atoms with Crippen LogP contribution >= 0.6 is 0 Å². The average molecular weight is 523 g/mol. The van der Waals surface area contributed by atoms with Crippen molar-refractivity contribution in [1.29, 1.82) is 0 Å². The fraction of sp³-hybridized carbons (Fsp3) is 0.867. The van der Waals surface area contributed by atoms with E-state index in [1.54, 1.807) is 13.8 Å². The number of aliphatic hydroxyl groups excluding tert-OH is 2. The number of aliphatic hydroxyl groups is 3. The van der Waals surface area contributed by atoms with Crippen molar-refractivity contribution < 1.29 is 35.1 Å². The van der Waals surface area contributed by atoms with Crippen LogP contribution in [0.15, 0.2) is 11.6 Å².